The maximum Gasteiger partial charge on any atom is 0.0325 e. The molecule has 0 saturated heterocycles. The lowest BCUT2D eigenvalue weighted by atomic mass is 10.2. The van der Waals surface area contributed by atoms with Gasteiger partial charge in [0.2, 0.25) is 0 Å². The van der Waals surface area contributed by atoms with Gasteiger partial charge in [-0.1, -0.05) is 19.9 Å². The standard InChI is InChI=1S/C15H26N2S/c1-5-6-9-17(4)12-15-8-7-14(18-15)11-16-10-13(2)3/h5,7-8,13,16H,1,6,9-12H2,2-4H3. The highest BCUT2D eigenvalue weighted by molar-refractivity contribution is 7.11. The number of thiophene rings is 1. The maximum absolute atomic E-state index is 3.76. The van der Waals surface area contributed by atoms with Gasteiger partial charge in [-0.05, 0) is 38.1 Å². The van der Waals surface area contributed by atoms with Gasteiger partial charge < -0.3 is 10.2 Å². The van der Waals surface area contributed by atoms with Crippen molar-refractivity contribution in [3.05, 3.63) is 34.5 Å². The molecule has 1 aromatic heterocycles. The third-order valence-corrected chi connectivity index (χ3v) is 3.78. The zero-order chi connectivity index (χ0) is 13.4. The topological polar surface area (TPSA) is 15.3 Å². The fourth-order valence-electron chi connectivity index (χ4n) is 1.74. The van der Waals surface area contributed by atoms with E-state index in [-0.39, 0.29) is 0 Å². The molecule has 0 amide bonds. The van der Waals surface area contributed by atoms with Gasteiger partial charge in [-0.2, -0.15) is 0 Å². The summed E-state index contributed by atoms with van der Waals surface area (Å²) in [5.74, 6) is 0.717. The maximum atomic E-state index is 3.76. The fraction of sp³-hybridized carbons (Fsp3) is 0.600. The molecule has 1 N–H and O–H groups in total. The molecule has 0 unspecified atom stereocenters. The lowest BCUT2D eigenvalue weighted by Gasteiger charge is -2.13. The van der Waals surface area contributed by atoms with E-state index in [9.17, 15) is 0 Å². The Morgan fingerprint density at radius 3 is 2.78 bits per heavy atom. The van der Waals surface area contributed by atoms with Crippen molar-refractivity contribution in [1.29, 1.82) is 0 Å². The van der Waals surface area contributed by atoms with Crippen LogP contribution in [0.15, 0.2) is 24.8 Å². The van der Waals surface area contributed by atoms with Crippen LogP contribution in [0.25, 0.3) is 0 Å². The Morgan fingerprint density at radius 2 is 2.11 bits per heavy atom. The summed E-state index contributed by atoms with van der Waals surface area (Å²) in [6.45, 7) is 12.5. The first kappa shape index (κ1) is 15.4. The molecule has 1 heterocycles. The summed E-state index contributed by atoms with van der Waals surface area (Å²) in [5.41, 5.74) is 0. The smallest absolute Gasteiger partial charge is 0.0325 e. The Kier molecular flexibility index (Phi) is 7.25. The second-order valence-electron chi connectivity index (χ2n) is 5.21. The van der Waals surface area contributed by atoms with Crippen LogP contribution in [0.1, 0.15) is 30.0 Å². The predicted octanol–water partition coefficient (Wildman–Crippen LogP) is 3.50. The van der Waals surface area contributed by atoms with Gasteiger partial charge in [0.05, 0.1) is 0 Å². The Hall–Kier alpha value is -0.640. The van der Waals surface area contributed by atoms with Crippen LogP contribution in [0.3, 0.4) is 0 Å². The molecule has 1 aromatic rings. The van der Waals surface area contributed by atoms with Crippen molar-refractivity contribution in [3.8, 4) is 0 Å². The van der Waals surface area contributed by atoms with Crippen LogP contribution in [0, 0.1) is 5.92 Å². The second-order valence-corrected chi connectivity index (χ2v) is 6.46. The first-order valence-corrected chi connectivity index (χ1v) is 7.51. The number of rotatable bonds is 9. The summed E-state index contributed by atoms with van der Waals surface area (Å²) < 4.78 is 0. The molecular formula is C15H26N2S. The average Bonchev–Trinajstić information content (AvgIpc) is 2.73. The molecule has 0 aliphatic carbocycles. The number of nitrogens with one attached hydrogen (secondary N) is 1. The SMILES string of the molecule is C=CCCN(C)Cc1ccc(CNCC(C)C)s1. The third kappa shape index (κ3) is 6.34. The van der Waals surface area contributed by atoms with Gasteiger partial charge in [-0.3, -0.25) is 0 Å². The highest BCUT2D eigenvalue weighted by Gasteiger charge is 2.03. The van der Waals surface area contributed by atoms with Crippen molar-refractivity contribution in [1.82, 2.24) is 10.2 Å². The van der Waals surface area contributed by atoms with E-state index in [2.05, 4.69) is 49.8 Å². The van der Waals surface area contributed by atoms with Crippen LogP contribution in [0.4, 0.5) is 0 Å². The van der Waals surface area contributed by atoms with Gasteiger partial charge in [-0.25, -0.2) is 0 Å². The van der Waals surface area contributed by atoms with E-state index in [1.165, 1.54) is 9.75 Å². The van der Waals surface area contributed by atoms with E-state index in [1.54, 1.807) is 0 Å². The molecule has 0 atom stereocenters. The van der Waals surface area contributed by atoms with Gasteiger partial charge in [0.15, 0.2) is 0 Å². The average molecular weight is 266 g/mol. The predicted molar refractivity (Wildman–Crippen MR) is 82.0 cm³/mol. The van der Waals surface area contributed by atoms with Crippen LogP contribution >= 0.6 is 11.3 Å². The highest BCUT2D eigenvalue weighted by atomic mass is 32.1. The Bertz CT molecular complexity index is 344. The van der Waals surface area contributed by atoms with Crippen molar-refractivity contribution in [2.45, 2.75) is 33.4 Å². The minimum absolute atomic E-state index is 0.717. The van der Waals surface area contributed by atoms with Gasteiger partial charge in [0, 0.05) is 29.4 Å². The molecular weight excluding hydrogens is 240 g/mol. The molecule has 2 nitrogen and oxygen atoms in total. The summed E-state index contributed by atoms with van der Waals surface area (Å²) in [6, 6.07) is 4.50. The molecule has 102 valence electrons. The number of hydrogen-bond acceptors (Lipinski definition) is 3. The zero-order valence-electron chi connectivity index (χ0n) is 11.9. The molecule has 0 radical (unpaired) electrons. The molecule has 1 rings (SSSR count). The molecule has 3 heteroatoms. The van der Waals surface area contributed by atoms with Crippen LogP contribution in [-0.4, -0.2) is 25.0 Å². The molecule has 0 fully saturated rings. The summed E-state index contributed by atoms with van der Waals surface area (Å²) in [5, 5.41) is 3.49. The van der Waals surface area contributed by atoms with Crippen LogP contribution in [0.2, 0.25) is 0 Å². The quantitative estimate of drug-likeness (QED) is 0.688. The normalized spacial score (nSPS) is 11.4. The summed E-state index contributed by atoms with van der Waals surface area (Å²) in [7, 11) is 2.17. The Morgan fingerprint density at radius 1 is 1.39 bits per heavy atom. The fourth-order valence-corrected chi connectivity index (χ4v) is 2.81. The van der Waals surface area contributed by atoms with E-state index in [0.717, 1.165) is 38.5 Å². The minimum Gasteiger partial charge on any atom is -0.312 e. The first-order chi connectivity index (χ1) is 8.61. The number of nitrogens with zero attached hydrogens (tertiary/aromatic N) is 1. The third-order valence-electron chi connectivity index (χ3n) is 2.71. The highest BCUT2D eigenvalue weighted by Crippen LogP contribution is 2.18. The van der Waals surface area contributed by atoms with E-state index in [0.29, 0.717) is 0 Å². The van der Waals surface area contributed by atoms with Crippen molar-refractivity contribution in [3.63, 3.8) is 0 Å². The molecule has 0 spiro atoms. The van der Waals surface area contributed by atoms with Crippen molar-refractivity contribution >= 4 is 11.3 Å². The molecule has 0 saturated carbocycles. The Labute approximate surface area is 116 Å². The molecule has 0 aliphatic rings. The first-order valence-electron chi connectivity index (χ1n) is 6.69. The van der Waals surface area contributed by atoms with Crippen molar-refractivity contribution in [2.24, 2.45) is 5.92 Å². The zero-order valence-corrected chi connectivity index (χ0v) is 12.7. The monoisotopic (exact) mass is 266 g/mol. The lowest BCUT2D eigenvalue weighted by molar-refractivity contribution is 0.336. The van der Waals surface area contributed by atoms with E-state index < -0.39 is 0 Å². The number of hydrogen-bond donors (Lipinski definition) is 1. The second kappa shape index (κ2) is 8.46. The van der Waals surface area contributed by atoms with Crippen LogP contribution in [-0.2, 0) is 13.1 Å². The largest absolute Gasteiger partial charge is 0.312 e. The van der Waals surface area contributed by atoms with Gasteiger partial charge in [0.1, 0.15) is 0 Å². The van der Waals surface area contributed by atoms with Gasteiger partial charge in [0.25, 0.3) is 0 Å². The van der Waals surface area contributed by atoms with Crippen molar-refractivity contribution < 1.29 is 0 Å². The molecule has 0 aliphatic heterocycles. The lowest BCUT2D eigenvalue weighted by Crippen LogP contribution is -2.18. The van der Waals surface area contributed by atoms with Crippen LogP contribution < -0.4 is 5.32 Å². The minimum atomic E-state index is 0.717. The molecule has 18 heavy (non-hydrogen) atoms. The Balaban J connectivity index is 2.31. The van der Waals surface area contributed by atoms with Gasteiger partial charge in [-0.15, -0.1) is 17.9 Å². The van der Waals surface area contributed by atoms with E-state index in [4.69, 9.17) is 0 Å². The van der Waals surface area contributed by atoms with E-state index >= 15 is 0 Å². The van der Waals surface area contributed by atoms with E-state index in [1.807, 2.05) is 17.4 Å². The summed E-state index contributed by atoms with van der Waals surface area (Å²) in [4.78, 5) is 5.23. The molecule has 0 bridgehead atoms. The van der Waals surface area contributed by atoms with Crippen molar-refractivity contribution in [2.75, 3.05) is 20.1 Å². The van der Waals surface area contributed by atoms with Gasteiger partial charge >= 0.3 is 0 Å². The molecule has 0 aromatic carbocycles. The summed E-state index contributed by atoms with van der Waals surface area (Å²) >= 11 is 1.92. The van der Waals surface area contributed by atoms with Crippen LogP contribution in [0.5, 0.6) is 0 Å². The summed E-state index contributed by atoms with van der Waals surface area (Å²) in [6.07, 6.45) is 3.04.